The third-order valence-corrected chi connectivity index (χ3v) is 4.84. The van der Waals surface area contributed by atoms with Crippen molar-refractivity contribution in [2.24, 2.45) is 0 Å². The lowest BCUT2D eigenvalue weighted by molar-refractivity contribution is 0.0907. The van der Waals surface area contributed by atoms with Crippen LogP contribution in [-0.2, 0) is 0 Å². The third kappa shape index (κ3) is 3.62. The summed E-state index contributed by atoms with van der Waals surface area (Å²) >= 11 is 0. The van der Waals surface area contributed by atoms with Gasteiger partial charge in [0.2, 0.25) is 0 Å². The van der Waals surface area contributed by atoms with Crippen LogP contribution in [0.5, 0.6) is 0 Å². The minimum atomic E-state index is -0.146. The molecular weight excluding hydrogens is 265 g/mol. The Morgan fingerprint density at radius 3 is 2.57 bits per heavy atom. The number of hydrogen-bond acceptors (Lipinski definition) is 3. The van der Waals surface area contributed by atoms with Crippen molar-refractivity contribution in [3.05, 3.63) is 35.6 Å². The molecule has 0 bridgehead atoms. The summed E-state index contributed by atoms with van der Waals surface area (Å²) in [6.07, 6.45) is 2.63. The molecule has 0 amide bonds. The average Bonchev–Trinajstić information content (AvgIpc) is 3.00. The van der Waals surface area contributed by atoms with Gasteiger partial charge in [0.15, 0.2) is 0 Å². The van der Waals surface area contributed by atoms with Gasteiger partial charge in [-0.2, -0.15) is 0 Å². The van der Waals surface area contributed by atoms with Crippen LogP contribution in [0, 0.1) is 5.82 Å². The lowest BCUT2D eigenvalue weighted by atomic mass is 10.0. The van der Waals surface area contributed by atoms with Crippen molar-refractivity contribution < 1.29 is 4.39 Å². The molecule has 2 unspecified atom stereocenters. The van der Waals surface area contributed by atoms with Gasteiger partial charge in [0.25, 0.3) is 0 Å². The van der Waals surface area contributed by atoms with E-state index in [0.29, 0.717) is 12.1 Å². The molecule has 3 rings (SSSR count). The Morgan fingerprint density at radius 1 is 1.19 bits per heavy atom. The molecule has 0 aliphatic carbocycles. The van der Waals surface area contributed by atoms with Crippen LogP contribution >= 0.6 is 0 Å². The molecule has 2 atom stereocenters. The molecule has 116 valence electrons. The quantitative estimate of drug-likeness (QED) is 0.918. The Bertz CT molecular complexity index is 442. The van der Waals surface area contributed by atoms with Gasteiger partial charge in [-0.15, -0.1) is 0 Å². The maximum atomic E-state index is 13.2. The Labute approximate surface area is 127 Å². The maximum absolute atomic E-state index is 13.2. The van der Waals surface area contributed by atoms with Crippen LogP contribution < -0.4 is 5.32 Å². The van der Waals surface area contributed by atoms with E-state index in [4.69, 9.17) is 0 Å². The first-order valence-electron chi connectivity index (χ1n) is 8.18. The fourth-order valence-electron chi connectivity index (χ4n) is 3.62. The first-order valence-corrected chi connectivity index (χ1v) is 8.18. The van der Waals surface area contributed by atoms with Gasteiger partial charge >= 0.3 is 0 Å². The second-order valence-corrected chi connectivity index (χ2v) is 6.37. The number of nitrogens with zero attached hydrogens (tertiary/aromatic N) is 2. The van der Waals surface area contributed by atoms with Crippen LogP contribution in [0.25, 0.3) is 0 Å². The molecule has 0 saturated carbocycles. The van der Waals surface area contributed by atoms with Crippen LogP contribution in [0.3, 0.4) is 0 Å². The summed E-state index contributed by atoms with van der Waals surface area (Å²) in [4.78, 5) is 5.14. The fraction of sp³-hybridized carbons (Fsp3) is 0.647. The number of rotatable bonds is 4. The highest BCUT2D eigenvalue weighted by Crippen LogP contribution is 2.26. The van der Waals surface area contributed by atoms with Crippen LogP contribution in [0.4, 0.5) is 4.39 Å². The van der Waals surface area contributed by atoms with E-state index >= 15 is 0 Å². The summed E-state index contributed by atoms with van der Waals surface area (Å²) < 4.78 is 13.2. The Hall–Kier alpha value is -0.970. The van der Waals surface area contributed by atoms with E-state index in [1.807, 2.05) is 12.1 Å². The summed E-state index contributed by atoms with van der Waals surface area (Å²) in [5, 5.41) is 3.46. The Morgan fingerprint density at radius 2 is 1.90 bits per heavy atom. The molecule has 1 aromatic carbocycles. The highest BCUT2D eigenvalue weighted by molar-refractivity contribution is 5.21. The van der Waals surface area contributed by atoms with Crippen LogP contribution in [-0.4, -0.2) is 55.1 Å². The number of piperazine rings is 1. The standard InChI is InChI=1S/C17H26FN3/c1-14-12-19-8-11-21(14)17(13-20-9-2-3-10-20)15-4-6-16(18)7-5-15/h4-7,14,17,19H,2-3,8-13H2,1H3. The van der Waals surface area contributed by atoms with Crippen molar-refractivity contribution in [2.45, 2.75) is 31.8 Å². The molecular formula is C17H26FN3. The van der Waals surface area contributed by atoms with Gasteiger partial charge in [-0.05, 0) is 50.6 Å². The minimum absolute atomic E-state index is 0.146. The topological polar surface area (TPSA) is 18.5 Å². The largest absolute Gasteiger partial charge is 0.314 e. The molecule has 2 aliphatic rings. The summed E-state index contributed by atoms with van der Waals surface area (Å²) in [5.41, 5.74) is 1.25. The van der Waals surface area contributed by atoms with Gasteiger partial charge in [0.1, 0.15) is 5.82 Å². The predicted octanol–water partition coefficient (Wildman–Crippen LogP) is 2.26. The fourth-order valence-corrected chi connectivity index (χ4v) is 3.62. The first kappa shape index (κ1) is 14.9. The molecule has 0 radical (unpaired) electrons. The smallest absolute Gasteiger partial charge is 0.123 e. The number of likely N-dealkylation sites (tertiary alicyclic amines) is 1. The second-order valence-electron chi connectivity index (χ2n) is 6.37. The summed E-state index contributed by atoms with van der Waals surface area (Å²) in [7, 11) is 0. The zero-order valence-corrected chi connectivity index (χ0v) is 12.9. The SMILES string of the molecule is CC1CNCCN1C(CN1CCCC1)c1ccc(F)cc1. The van der Waals surface area contributed by atoms with Gasteiger partial charge < -0.3 is 10.2 Å². The number of benzene rings is 1. The van der Waals surface area contributed by atoms with Crippen LogP contribution in [0.1, 0.15) is 31.4 Å². The van der Waals surface area contributed by atoms with Gasteiger partial charge in [-0.3, -0.25) is 4.90 Å². The summed E-state index contributed by atoms with van der Waals surface area (Å²) in [6, 6.07) is 8.02. The van der Waals surface area contributed by atoms with Crippen molar-refractivity contribution in [2.75, 3.05) is 39.3 Å². The lowest BCUT2D eigenvalue weighted by Gasteiger charge is -2.41. The van der Waals surface area contributed by atoms with Gasteiger partial charge in [-0.25, -0.2) is 4.39 Å². The molecule has 21 heavy (non-hydrogen) atoms. The molecule has 0 aromatic heterocycles. The number of nitrogens with one attached hydrogen (secondary N) is 1. The highest BCUT2D eigenvalue weighted by Gasteiger charge is 2.29. The third-order valence-electron chi connectivity index (χ3n) is 4.84. The highest BCUT2D eigenvalue weighted by atomic mass is 19.1. The van der Waals surface area contributed by atoms with E-state index in [1.54, 1.807) is 12.1 Å². The number of halogens is 1. The van der Waals surface area contributed by atoms with E-state index in [-0.39, 0.29) is 5.82 Å². The van der Waals surface area contributed by atoms with E-state index in [1.165, 1.54) is 31.5 Å². The normalized spacial score (nSPS) is 26.1. The predicted molar refractivity (Wildman–Crippen MR) is 83.9 cm³/mol. The van der Waals surface area contributed by atoms with E-state index in [0.717, 1.165) is 26.2 Å². The molecule has 3 nitrogen and oxygen atoms in total. The van der Waals surface area contributed by atoms with Gasteiger partial charge in [0, 0.05) is 38.3 Å². The van der Waals surface area contributed by atoms with E-state index < -0.39 is 0 Å². The van der Waals surface area contributed by atoms with Crippen molar-refractivity contribution >= 4 is 0 Å². The summed E-state index contributed by atoms with van der Waals surface area (Å²) in [6.45, 7) is 8.91. The van der Waals surface area contributed by atoms with E-state index in [2.05, 4.69) is 22.0 Å². The van der Waals surface area contributed by atoms with Crippen LogP contribution in [0.2, 0.25) is 0 Å². The van der Waals surface area contributed by atoms with E-state index in [9.17, 15) is 4.39 Å². The zero-order valence-electron chi connectivity index (χ0n) is 12.9. The molecule has 4 heteroatoms. The molecule has 1 N–H and O–H groups in total. The molecule has 2 heterocycles. The van der Waals surface area contributed by atoms with Crippen molar-refractivity contribution in [1.29, 1.82) is 0 Å². The molecule has 1 aromatic rings. The monoisotopic (exact) mass is 291 g/mol. The lowest BCUT2D eigenvalue weighted by Crippen LogP contribution is -2.52. The van der Waals surface area contributed by atoms with Crippen LogP contribution in [0.15, 0.2) is 24.3 Å². The Kier molecular flexibility index (Phi) is 4.88. The second kappa shape index (κ2) is 6.86. The van der Waals surface area contributed by atoms with Crippen molar-refractivity contribution in [1.82, 2.24) is 15.1 Å². The summed E-state index contributed by atoms with van der Waals surface area (Å²) in [5.74, 6) is -0.146. The number of hydrogen-bond donors (Lipinski definition) is 1. The molecule has 2 saturated heterocycles. The van der Waals surface area contributed by atoms with Gasteiger partial charge in [0.05, 0.1) is 0 Å². The maximum Gasteiger partial charge on any atom is 0.123 e. The minimum Gasteiger partial charge on any atom is -0.314 e. The molecule has 2 fully saturated rings. The average molecular weight is 291 g/mol. The molecule has 0 spiro atoms. The van der Waals surface area contributed by atoms with Crippen molar-refractivity contribution in [3.63, 3.8) is 0 Å². The van der Waals surface area contributed by atoms with Gasteiger partial charge in [-0.1, -0.05) is 12.1 Å². The zero-order chi connectivity index (χ0) is 14.7. The van der Waals surface area contributed by atoms with Crippen molar-refractivity contribution in [3.8, 4) is 0 Å². The Balaban J connectivity index is 1.80. The first-order chi connectivity index (χ1) is 10.2. The molecule has 2 aliphatic heterocycles.